The lowest BCUT2D eigenvalue weighted by molar-refractivity contribution is 0.0575. The maximum absolute atomic E-state index is 13.6. The molecular weight excluding hydrogens is 566 g/mol. The maximum Gasteiger partial charge on any atom is 0.427 e. The first-order chi connectivity index (χ1) is 20.5. The van der Waals surface area contributed by atoms with Crippen molar-refractivity contribution in [1.82, 2.24) is 14.9 Å². The molecule has 12 nitrogen and oxygen atoms in total. The molecule has 0 aliphatic carbocycles. The Morgan fingerprint density at radius 3 is 2.02 bits per heavy atom. The van der Waals surface area contributed by atoms with Crippen LogP contribution in [0.2, 0.25) is 0 Å². The van der Waals surface area contributed by atoms with E-state index in [1.165, 1.54) is 4.90 Å². The number of imide groups is 1. The number of aryl methyl sites for hydroxylation is 1. The highest BCUT2D eigenvalue weighted by Gasteiger charge is 2.33. The molecule has 0 aliphatic rings. The summed E-state index contributed by atoms with van der Waals surface area (Å²) < 4.78 is 16.4. The van der Waals surface area contributed by atoms with Crippen LogP contribution in [0.15, 0.2) is 54.6 Å². The smallest absolute Gasteiger partial charge is 0.427 e. The number of carboxylic acid groups (broad SMARTS) is 1. The largest absolute Gasteiger partial charge is 0.497 e. The van der Waals surface area contributed by atoms with Crippen molar-refractivity contribution in [1.29, 1.82) is 0 Å². The second kappa shape index (κ2) is 13.7. The number of ether oxygens (including phenoxy) is 3. The molecule has 12 heteroatoms. The van der Waals surface area contributed by atoms with Crippen LogP contribution in [0.5, 0.6) is 5.75 Å². The van der Waals surface area contributed by atoms with Crippen LogP contribution in [0.25, 0.3) is 0 Å². The number of nitrogens with zero attached hydrogens (tertiary/aromatic N) is 5. The summed E-state index contributed by atoms with van der Waals surface area (Å²) in [6, 6.07) is 16.2. The normalized spacial score (nSPS) is 11.6. The summed E-state index contributed by atoms with van der Waals surface area (Å²) in [7, 11) is 3.45. The second-order valence-electron chi connectivity index (χ2n) is 12.3. The fourth-order valence-corrected chi connectivity index (χ4v) is 4.07. The van der Waals surface area contributed by atoms with E-state index in [1.807, 2.05) is 55.3 Å². The molecule has 3 aromatic rings. The van der Waals surface area contributed by atoms with Crippen LogP contribution in [0.1, 0.15) is 58.4 Å². The average Bonchev–Trinajstić information content (AvgIpc) is 2.87. The summed E-state index contributed by atoms with van der Waals surface area (Å²) in [6.45, 7) is 12.7. The van der Waals surface area contributed by atoms with E-state index in [2.05, 4.69) is 9.97 Å². The molecule has 0 saturated carbocycles. The van der Waals surface area contributed by atoms with Crippen LogP contribution in [0, 0.1) is 6.92 Å². The number of benzene rings is 2. The molecule has 0 saturated heterocycles. The van der Waals surface area contributed by atoms with Crippen molar-refractivity contribution in [2.24, 2.45) is 0 Å². The van der Waals surface area contributed by atoms with Gasteiger partial charge in [-0.2, -0.15) is 4.98 Å². The minimum absolute atomic E-state index is 0.00712. The second-order valence-corrected chi connectivity index (χ2v) is 12.3. The Morgan fingerprint density at radius 1 is 0.841 bits per heavy atom. The van der Waals surface area contributed by atoms with Crippen molar-refractivity contribution >= 4 is 35.7 Å². The molecule has 0 bridgehead atoms. The summed E-state index contributed by atoms with van der Waals surface area (Å²) in [4.78, 5) is 51.4. The minimum Gasteiger partial charge on any atom is -0.497 e. The number of anilines is 3. The standard InChI is InChI=1S/C32H41N5O7/c1-21-13-15-24(16-14-21)36(29(40)43-31(2,3)4)26-18-23(20-35(8)19-22-11-10-12-25(17-22)42-9)33-27(34-26)37(28(38)39)30(41)44-32(5,6)7/h10-18H,19-20H2,1-9H3,(H,38,39). The van der Waals surface area contributed by atoms with Gasteiger partial charge in [-0.05, 0) is 85.3 Å². The van der Waals surface area contributed by atoms with Crippen LogP contribution < -0.4 is 14.5 Å². The number of amides is 3. The minimum atomic E-state index is -1.65. The number of rotatable bonds is 8. The predicted molar refractivity (Wildman–Crippen MR) is 166 cm³/mol. The molecule has 0 aliphatic heterocycles. The number of methoxy groups -OCH3 is 1. The fraction of sp³-hybridized carbons (Fsp3) is 0.406. The summed E-state index contributed by atoms with van der Waals surface area (Å²) in [5.74, 6) is 0.241. The van der Waals surface area contributed by atoms with Crippen molar-refractivity contribution in [3.05, 3.63) is 71.4 Å². The van der Waals surface area contributed by atoms with E-state index in [0.717, 1.165) is 11.1 Å². The zero-order chi connectivity index (χ0) is 32.8. The van der Waals surface area contributed by atoms with Crippen LogP contribution in [0.3, 0.4) is 0 Å². The Kier molecular flexibility index (Phi) is 10.5. The third-order valence-electron chi connectivity index (χ3n) is 5.84. The van der Waals surface area contributed by atoms with E-state index in [4.69, 9.17) is 14.2 Å². The van der Waals surface area contributed by atoms with Crippen molar-refractivity contribution in [2.45, 2.75) is 72.8 Å². The molecule has 0 radical (unpaired) electrons. The van der Waals surface area contributed by atoms with E-state index in [9.17, 15) is 19.5 Å². The first-order valence-corrected chi connectivity index (χ1v) is 14.0. The maximum atomic E-state index is 13.6. The van der Waals surface area contributed by atoms with Crippen LogP contribution in [-0.2, 0) is 22.6 Å². The van der Waals surface area contributed by atoms with Crippen LogP contribution in [0.4, 0.5) is 31.8 Å². The van der Waals surface area contributed by atoms with Crippen molar-refractivity contribution < 1.29 is 33.7 Å². The Hall–Kier alpha value is -4.71. The van der Waals surface area contributed by atoms with Crippen LogP contribution in [-0.4, -0.2) is 63.6 Å². The number of hydrogen-bond donors (Lipinski definition) is 1. The van der Waals surface area contributed by atoms with Gasteiger partial charge >= 0.3 is 18.3 Å². The molecule has 236 valence electrons. The molecule has 44 heavy (non-hydrogen) atoms. The van der Waals surface area contributed by atoms with E-state index < -0.39 is 35.4 Å². The molecule has 1 aromatic heterocycles. The van der Waals surface area contributed by atoms with Gasteiger partial charge in [0, 0.05) is 19.2 Å². The molecule has 2 aromatic carbocycles. The van der Waals surface area contributed by atoms with E-state index in [-0.39, 0.29) is 12.4 Å². The van der Waals surface area contributed by atoms with E-state index in [0.29, 0.717) is 28.6 Å². The van der Waals surface area contributed by atoms with Gasteiger partial charge in [-0.15, -0.1) is 4.90 Å². The van der Waals surface area contributed by atoms with Gasteiger partial charge in [-0.1, -0.05) is 29.8 Å². The fourth-order valence-electron chi connectivity index (χ4n) is 4.07. The van der Waals surface area contributed by atoms with Gasteiger partial charge in [-0.3, -0.25) is 4.90 Å². The molecule has 0 unspecified atom stereocenters. The van der Waals surface area contributed by atoms with Gasteiger partial charge in [0.15, 0.2) is 0 Å². The van der Waals surface area contributed by atoms with Gasteiger partial charge in [0.2, 0.25) is 5.95 Å². The van der Waals surface area contributed by atoms with Crippen molar-refractivity contribution in [3.8, 4) is 5.75 Å². The predicted octanol–water partition coefficient (Wildman–Crippen LogP) is 6.92. The highest BCUT2D eigenvalue weighted by Crippen LogP contribution is 2.30. The Bertz CT molecular complexity index is 1480. The lowest BCUT2D eigenvalue weighted by atomic mass is 10.2. The van der Waals surface area contributed by atoms with Gasteiger partial charge in [-0.25, -0.2) is 24.3 Å². The number of carbonyl (C=O) groups is 3. The summed E-state index contributed by atoms with van der Waals surface area (Å²) in [5, 5.41) is 10.1. The number of aromatic nitrogens is 2. The van der Waals surface area contributed by atoms with Crippen LogP contribution >= 0.6 is 0 Å². The van der Waals surface area contributed by atoms with Crippen molar-refractivity contribution in [3.63, 3.8) is 0 Å². The molecule has 0 fully saturated rings. The Balaban J connectivity index is 2.16. The molecule has 0 spiro atoms. The lowest BCUT2D eigenvalue weighted by Gasteiger charge is -2.28. The first kappa shape index (κ1) is 33.8. The lowest BCUT2D eigenvalue weighted by Crippen LogP contribution is -2.42. The van der Waals surface area contributed by atoms with E-state index in [1.54, 1.807) is 66.9 Å². The first-order valence-electron chi connectivity index (χ1n) is 14.0. The highest BCUT2D eigenvalue weighted by molar-refractivity contribution is 6.07. The summed E-state index contributed by atoms with van der Waals surface area (Å²) in [6.07, 6.45) is -3.58. The molecule has 1 heterocycles. The third kappa shape index (κ3) is 9.66. The zero-order valence-electron chi connectivity index (χ0n) is 26.7. The van der Waals surface area contributed by atoms with E-state index >= 15 is 0 Å². The molecule has 0 atom stereocenters. The average molecular weight is 608 g/mol. The Morgan fingerprint density at radius 2 is 1.45 bits per heavy atom. The monoisotopic (exact) mass is 607 g/mol. The zero-order valence-corrected chi connectivity index (χ0v) is 26.7. The number of hydrogen-bond acceptors (Lipinski definition) is 9. The van der Waals surface area contributed by atoms with Gasteiger partial charge in [0.1, 0.15) is 22.8 Å². The highest BCUT2D eigenvalue weighted by atomic mass is 16.6. The third-order valence-corrected chi connectivity index (χ3v) is 5.84. The summed E-state index contributed by atoms with van der Waals surface area (Å²) >= 11 is 0. The molecule has 3 rings (SSSR count). The van der Waals surface area contributed by atoms with Gasteiger partial charge in [0.25, 0.3) is 0 Å². The van der Waals surface area contributed by atoms with Gasteiger partial charge < -0.3 is 19.3 Å². The SMILES string of the molecule is COc1cccc(CN(C)Cc2cc(N(C(=O)OC(C)(C)C)c3ccc(C)cc3)nc(N(C(=O)O)C(=O)OC(C)(C)C)n2)c1. The quantitative estimate of drug-likeness (QED) is 0.287. The number of carbonyl (C=O) groups excluding carboxylic acids is 2. The molecule has 1 N–H and O–H groups in total. The summed E-state index contributed by atoms with van der Waals surface area (Å²) in [5.41, 5.74) is 0.849. The van der Waals surface area contributed by atoms with Crippen molar-refractivity contribution in [2.75, 3.05) is 24.0 Å². The Labute approximate surface area is 258 Å². The van der Waals surface area contributed by atoms with Gasteiger partial charge in [0.05, 0.1) is 18.5 Å². The topological polar surface area (TPSA) is 135 Å². The molecule has 3 amide bonds. The molecular formula is C32H41N5O7.